The molecule has 0 bridgehead atoms. The molecule has 1 N–H and O–H groups in total. The van der Waals surface area contributed by atoms with E-state index < -0.39 is 5.97 Å². The fourth-order valence-corrected chi connectivity index (χ4v) is 5.08. The highest BCUT2D eigenvalue weighted by molar-refractivity contribution is 7.13. The summed E-state index contributed by atoms with van der Waals surface area (Å²) >= 11 is 1.60. The van der Waals surface area contributed by atoms with Crippen LogP contribution < -0.4 is 4.74 Å². The summed E-state index contributed by atoms with van der Waals surface area (Å²) in [7, 11) is 0. The second-order valence-electron chi connectivity index (χ2n) is 7.76. The van der Waals surface area contributed by atoms with Gasteiger partial charge in [0.1, 0.15) is 5.75 Å². The summed E-state index contributed by atoms with van der Waals surface area (Å²) in [5.41, 5.74) is 2.79. The number of aromatic carboxylic acids is 1. The summed E-state index contributed by atoms with van der Waals surface area (Å²) in [5, 5.41) is 12.8. The van der Waals surface area contributed by atoms with Crippen LogP contribution in [-0.2, 0) is 0 Å². The molecular weight excluding hydrogens is 404 g/mol. The van der Waals surface area contributed by atoms with Gasteiger partial charge in [-0.1, -0.05) is 12.1 Å². The average molecular weight is 424 g/mol. The number of likely N-dealkylation sites (tertiary alicyclic amines) is 1. The normalized spacial score (nSPS) is 22.8. The molecule has 0 spiro atoms. The minimum Gasteiger partial charge on any atom is -0.490 e. The lowest BCUT2D eigenvalue weighted by molar-refractivity contribution is 0.0690. The molecule has 1 saturated heterocycles. The first-order chi connectivity index (χ1) is 14.6. The Kier molecular flexibility index (Phi) is 4.74. The zero-order chi connectivity index (χ0) is 20.7. The number of ether oxygens (including phenoxy) is 1. The van der Waals surface area contributed by atoms with Crippen molar-refractivity contribution in [2.24, 2.45) is 11.8 Å². The number of amides is 1. The van der Waals surface area contributed by atoms with Crippen LogP contribution in [0.4, 0.5) is 4.79 Å². The second kappa shape index (κ2) is 7.56. The third-order valence-corrected chi connectivity index (χ3v) is 6.66. The van der Waals surface area contributed by atoms with Gasteiger partial charge < -0.3 is 14.7 Å². The predicted octanol–water partition coefficient (Wildman–Crippen LogP) is 3.46. The Morgan fingerprint density at radius 1 is 1.17 bits per heavy atom. The number of thiazole rings is 1. The van der Waals surface area contributed by atoms with Crippen LogP contribution in [0.15, 0.2) is 48.2 Å². The molecule has 1 saturated carbocycles. The Hall–Kier alpha value is -3.20. The van der Waals surface area contributed by atoms with Crippen LogP contribution in [0.5, 0.6) is 5.75 Å². The number of carboxylic acids is 1. The van der Waals surface area contributed by atoms with Gasteiger partial charge in [-0.15, -0.1) is 11.3 Å². The van der Waals surface area contributed by atoms with Crippen LogP contribution in [0.2, 0.25) is 0 Å². The zero-order valence-corrected chi connectivity index (χ0v) is 16.9. The second-order valence-corrected chi connectivity index (χ2v) is 8.65. The molecule has 1 aliphatic carbocycles. The summed E-state index contributed by atoms with van der Waals surface area (Å²) in [4.78, 5) is 30.6. The molecule has 8 nitrogen and oxygen atoms in total. The standard InChI is InChI=1S/C21H20N4O4S/c26-20(27)18-4-5-25(23-18)21(28)24-10-14-7-17(8-15(14)11-24)29-16-3-1-2-13(6-16)19-9-22-12-30-19/h1-6,9,12,14-15,17H,7-8,10-11H2,(H,26,27). The Balaban J connectivity index is 1.20. The van der Waals surface area contributed by atoms with Crippen LogP contribution in [0, 0.1) is 11.8 Å². The number of aromatic nitrogens is 3. The van der Waals surface area contributed by atoms with E-state index in [1.54, 1.807) is 16.2 Å². The number of nitrogens with zero attached hydrogens (tertiary/aromatic N) is 4. The number of fused-ring (bicyclic) bond motifs is 1. The maximum atomic E-state index is 12.6. The maximum absolute atomic E-state index is 12.6. The minimum atomic E-state index is -1.14. The van der Waals surface area contributed by atoms with Crippen molar-refractivity contribution in [3.05, 3.63) is 53.9 Å². The number of benzene rings is 1. The van der Waals surface area contributed by atoms with Crippen molar-refractivity contribution in [2.75, 3.05) is 13.1 Å². The fraction of sp³-hybridized carbons (Fsp3) is 0.333. The number of carbonyl (C=O) groups excluding carboxylic acids is 1. The van der Waals surface area contributed by atoms with Crippen molar-refractivity contribution in [3.8, 4) is 16.2 Å². The van der Waals surface area contributed by atoms with E-state index in [9.17, 15) is 9.59 Å². The summed E-state index contributed by atoms with van der Waals surface area (Å²) in [6.07, 6.45) is 5.20. The SMILES string of the molecule is O=C(O)c1ccn(C(=O)N2CC3CC(Oc4cccc(-c5cncs5)c4)CC3C2)n1. The average Bonchev–Trinajstić information content (AvgIpc) is 3.50. The molecule has 1 aliphatic heterocycles. The van der Waals surface area contributed by atoms with Crippen LogP contribution >= 0.6 is 11.3 Å². The molecule has 2 atom stereocenters. The quantitative estimate of drug-likeness (QED) is 0.689. The molecule has 9 heteroatoms. The number of hydrogen-bond acceptors (Lipinski definition) is 6. The predicted molar refractivity (Wildman–Crippen MR) is 110 cm³/mol. The number of carboxylic acid groups (broad SMARTS) is 1. The smallest absolute Gasteiger partial charge is 0.356 e. The van der Waals surface area contributed by atoms with E-state index in [4.69, 9.17) is 9.84 Å². The van der Waals surface area contributed by atoms with E-state index in [0.717, 1.165) is 33.7 Å². The van der Waals surface area contributed by atoms with Gasteiger partial charge in [0, 0.05) is 25.5 Å². The van der Waals surface area contributed by atoms with E-state index in [2.05, 4.69) is 22.2 Å². The van der Waals surface area contributed by atoms with Crippen LogP contribution in [-0.4, -0.2) is 56.0 Å². The van der Waals surface area contributed by atoms with E-state index in [-0.39, 0.29) is 17.8 Å². The van der Waals surface area contributed by atoms with Gasteiger partial charge >= 0.3 is 12.0 Å². The number of rotatable bonds is 4. The molecule has 154 valence electrons. The number of hydrogen-bond donors (Lipinski definition) is 1. The lowest BCUT2D eigenvalue weighted by Gasteiger charge is -2.20. The van der Waals surface area contributed by atoms with Crippen molar-refractivity contribution in [2.45, 2.75) is 18.9 Å². The van der Waals surface area contributed by atoms with Crippen LogP contribution in [0.25, 0.3) is 10.4 Å². The highest BCUT2D eigenvalue weighted by Gasteiger charge is 2.43. The van der Waals surface area contributed by atoms with E-state index in [0.29, 0.717) is 24.9 Å². The molecule has 30 heavy (non-hydrogen) atoms. The molecule has 2 unspecified atom stereocenters. The van der Waals surface area contributed by atoms with E-state index >= 15 is 0 Å². The molecule has 2 aliphatic rings. The third kappa shape index (κ3) is 3.56. The highest BCUT2D eigenvalue weighted by Crippen LogP contribution is 2.40. The Morgan fingerprint density at radius 3 is 2.63 bits per heavy atom. The van der Waals surface area contributed by atoms with Crippen molar-refractivity contribution < 1.29 is 19.4 Å². The first-order valence-electron chi connectivity index (χ1n) is 9.80. The zero-order valence-electron chi connectivity index (χ0n) is 16.0. The van der Waals surface area contributed by atoms with Crippen molar-refractivity contribution in [1.29, 1.82) is 0 Å². The molecule has 1 aromatic carbocycles. The topological polar surface area (TPSA) is 97.5 Å². The molecule has 3 heterocycles. The van der Waals surface area contributed by atoms with E-state index in [1.807, 2.05) is 23.8 Å². The van der Waals surface area contributed by atoms with Crippen LogP contribution in [0.3, 0.4) is 0 Å². The fourth-order valence-electron chi connectivity index (χ4n) is 4.46. The van der Waals surface area contributed by atoms with Crippen molar-refractivity contribution in [3.63, 3.8) is 0 Å². The highest BCUT2D eigenvalue weighted by atomic mass is 32.1. The van der Waals surface area contributed by atoms with Gasteiger partial charge in [0.2, 0.25) is 0 Å². The summed E-state index contributed by atoms with van der Waals surface area (Å²) in [6.45, 7) is 1.29. The Labute approximate surface area is 176 Å². The maximum Gasteiger partial charge on any atom is 0.356 e. The molecule has 2 aromatic heterocycles. The molecule has 1 amide bonds. The van der Waals surface area contributed by atoms with Gasteiger partial charge in [-0.3, -0.25) is 4.98 Å². The van der Waals surface area contributed by atoms with Gasteiger partial charge in [0.05, 0.1) is 16.5 Å². The molecular formula is C21H20N4O4S. The monoisotopic (exact) mass is 424 g/mol. The summed E-state index contributed by atoms with van der Waals surface area (Å²) in [6, 6.07) is 9.14. The van der Waals surface area contributed by atoms with Crippen molar-refractivity contribution in [1.82, 2.24) is 19.7 Å². The largest absolute Gasteiger partial charge is 0.490 e. The van der Waals surface area contributed by atoms with Gasteiger partial charge in [-0.05, 0) is 48.4 Å². The molecule has 0 radical (unpaired) electrons. The Morgan fingerprint density at radius 2 is 1.97 bits per heavy atom. The molecule has 2 fully saturated rings. The van der Waals surface area contributed by atoms with E-state index in [1.165, 1.54) is 12.3 Å². The lowest BCUT2D eigenvalue weighted by atomic mass is 10.0. The minimum absolute atomic E-state index is 0.128. The molecule has 5 rings (SSSR count). The van der Waals surface area contributed by atoms with Gasteiger partial charge in [-0.25, -0.2) is 9.59 Å². The lowest BCUT2D eigenvalue weighted by Crippen LogP contribution is -2.34. The Bertz CT molecular complexity index is 1070. The first-order valence-corrected chi connectivity index (χ1v) is 10.7. The summed E-state index contributed by atoms with van der Waals surface area (Å²) < 4.78 is 7.37. The number of carbonyl (C=O) groups is 2. The first kappa shape index (κ1) is 18.8. The summed E-state index contributed by atoms with van der Waals surface area (Å²) in [5.74, 6) is 0.493. The van der Waals surface area contributed by atoms with Crippen LogP contribution in [0.1, 0.15) is 23.3 Å². The van der Waals surface area contributed by atoms with Gasteiger partial charge in [0.15, 0.2) is 5.69 Å². The van der Waals surface area contributed by atoms with Crippen molar-refractivity contribution >= 4 is 23.3 Å². The van der Waals surface area contributed by atoms with Gasteiger partial charge in [-0.2, -0.15) is 9.78 Å². The van der Waals surface area contributed by atoms with Gasteiger partial charge in [0.25, 0.3) is 0 Å². The third-order valence-electron chi connectivity index (χ3n) is 5.84. The molecule has 3 aromatic rings.